The first kappa shape index (κ1) is 20.0. The summed E-state index contributed by atoms with van der Waals surface area (Å²) in [7, 11) is 1.62. The molecular formula is C22H16F3N3O. The summed E-state index contributed by atoms with van der Waals surface area (Å²) in [6.07, 6.45) is 2.99. The molecule has 0 saturated heterocycles. The zero-order valence-electron chi connectivity index (χ0n) is 15.4. The van der Waals surface area contributed by atoms with Crippen LogP contribution in [0.25, 0.3) is 0 Å². The highest BCUT2D eigenvalue weighted by molar-refractivity contribution is 6.04. The van der Waals surface area contributed by atoms with Crippen LogP contribution in [0, 0.1) is 12.3 Å². The van der Waals surface area contributed by atoms with Crippen molar-refractivity contribution in [1.82, 2.24) is 4.98 Å². The molecule has 29 heavy (non-hydrogen) atoms. The van der Waals surface area contributed by atoms with Crippen LogP contribution in [0.15, 0.2) is 67.0 Å². The van der Waals surface area contributed by atoms with Gasteiger partial charge < -0.3 is 10.2 Å². The Balaban J connectivity index is 1.82. The van der Waals surface area contributed by atoms with E-state index in [9.17, 15) is 18.0 Å². The molecule has 0 atom stereocenters. The Hall–Kier alpha value is -3.79. The Morgan fingerprint density at radius 3 is 2.55 bits per heavy atom. The number of aromatic nitrogens is 1. The van der Waals surface area contributed by atoms with Gasteiger partial charge in [0.2, 0.25) is 0 Å². The first-order valence-corrected chi connectivity index (χ1v) is 8.52. The quantitative estimate of drug-likeness (QED) is 0.625. The molecule has 0 aliphatic carbocycles. The van der Waals surface area contributed by atoms with Gasteiger partial charge in [0.25, 0.3) is 5.91 Å². The third-order valence-electron chi connectivity index (χ3n) is 4.22. The van der Waals surface area contributed by atoms with Crippen LogP contribution in [0.2, 0.25) is 0 Å². The molecule has 7 heteroatoms. The fourth-order valence-corrected chi connectivity index (χ4v) is 2.66. The fraction of sp³-hybridized carbons (Fsp3) is 0.0909. The van der Waals surface area contributed by atoms with Gasteiger partial charge in [0.15, 0.2) is 0 Å². The van der Waals surface area contributed by atoms with Crippen LogP contribution in [-0.4, -0.2) is 17.9 Å². The second-order valence-corrected chi connectivity index (χ2v) is 6.22. The summed E-state index contributed by atoms with van der Waals surface area (Å²) >= 11 is 0. The molecule has 0 saturated carbocycles. The van der Waals surface area contributed by atoms with Crippen molar-refractivity contribution in [3.63, 3.8) is 0 Å². The number of alkyl halides is 3. The smallest absolute Gasteiger partial charge is 0.343 e. The lowest BCUT2D eigenvalue weighted by Crippen LogP contribution is -2.14. The topological polar surface area (TPSA) is 45.2 Å². The highest BCUT2D eigenvalue weighted by Crippen LogP contribution is 2.32. The van der Waals surface area contributed by atoms with Crippen LogP contribution in [0.5, 0.6) is 0 Å². The Morgan fingerprint density at radius 1 is 1.07 bits per heavy atom. The van der Waals surface area contributed by atoms with E-state index in [0.717, 1.165) is 12.3 Å². The minimum Gasteiger partial charge on any atom is -0.343 e. The summed E-state index contributed by atoms with van der Waals surface area (Å²) in [5.41, 5.74) is 1.50. The van der Waals surface area contributed by atoms with Crippen molar-refractivity contribution >= 4 is 23.0 Å². The number of hydrogen-bond donors (Lipinski definition) is 1. The van der Waals surface area contributed by atoms with E-state index < -0.39 is 11.7 Å². The van der Waals surface area contributed by atoms with Crippen LogP contribution in [0.1, 0.15) is 21.5 Å². The summed E-state index contributed by atoms with van der Waals surface area (Å²) < 4.78 is 38.8. The van der Waals surface area contributed by atoms with Gasteiger partial charge in [0, 0.05) is 35.7 Å². The van der Waals surface area contributed by atoms with Crippen molar-refractivity contribution in [3.8, 4) is 12.3 Å². The van der Waals surface area contributed by atoms with E-state index in [2.05, 4.69) is 16.2 Å². The van der Waals surface area contributed by atoms with E-state index in [1.54, 1.807) is 60.5 Å². The predicted octanol–water partition coefficient (Wildman–Crippen LogP) is 5.10. The summed E-state index contributed by atoms with van der Waals surface area (Å²) in [6, 6.07) is 14.4. The third-order valence-corrected chi connectivity index (χ3v) is 4.22. The van der Waals surface area contributed by atoms with Gasteiger partial charge in [0.1, 0.15) is 0 Å². The lowest BCUT2D eigenvalue weighted by Gasteiger charge is -2.21. The number of anilines is 3. The Morgan fingerprint density at radius 2 is 1.83 bits per heavy atom. The van der Waals surface area contributed by atoms with Crippen LogP contribution >= 0.6 is 0 Å². The van der Waals surface area contributed by atoms with Crippen LogP contribution in [0.3, 0.4) is 0 Å². The number of pyridine rings is 1. The number of nitrogens with one attached hydrogen (secondary N) is 1. The molecule has 0 unspecified atom stereocenters. The molecule has 0 spiro atoms. The number of rotatable bonds is 4. The van der Waals surface area contributed by atoms with E-state index in [0.29, 0.717) is 22.5 Å². The first-order valence-electron chi connectivity index (χ1n) is 8.52. The van der Waals surface area contributed by atoms with Crippen molar-refractivity contribution in [2.45, 2.75) is 6.18 Å². The average Bonchev–Trinajstić information content (AvgIpc) is 2.73. The Labute approximate surface area is 166 Å². The molecule has 0 aliphatic rings. The van der Waals surface area contributed by atoms with Gasteiger partial charge in [-0.3, -0.25) is 9.78 Å². The molecular weight excluding hydrogens is 379 g/mol. The largest absolute Gasteiger partial charge is 0.417 e. The lowest BCUT2D eigenvalue weighted by molar-refractivity contribution is -0.137. The second kappa shape index (κ2) is 8.07. The summed E-state index contributed by atoms with van der Waals surface area (Å²) in [5, 5.41) is 2.76. The van der Waals surface area contributed by atoms with Crippen molar-refractivity contribution in [2.24, 2.45) is 0 Å². The Bertz CT molecular complexity index is 1090. The normalized spacial score (nSPS) is 10.9. The standard InChI is InChI=1S/C22H16F3N3O/c1-3-15-6-4-7-16(10-15)21(29)27-18-8-5-9-19(12-18)28(2)20-11-17(13-26-14-20)22(23,24)25/h1,4-14H,2H3,(H,27,29). The van der Waals surface area contributed by atoms with E-state index >= 15 is 0 Å². The van der Waals surface area contributed by atoms with Gasteiger partial charge in [0.05, 0.1) is 17.4 Å². The van der Waals surface area contributed by atoms with Crippen molar-refractivity contribution in [1.29, 1.82) is 0 Å². The van der Waals surface area contributed by atoms with Gasteiger partial charge in [-0.05, 0) is 42.5 Å². The molecule has 2 aromatic carbocycles. The number of hydrogen-bond acceptors (Lipinski definition) is 3. The van der Waals surface area contributed by atoms with Crippen LogP contribution in [0.4, 0.5) is 30.2 Å². The first-order chi connectivity index (χ1) is 13.8. The Kier molecular flexibility index (Phi) is 5.55. The summed E-state index contributed by atoms with van der Waals surface area (Å²) in [4.78, 5) is 17.7. The van der Waals surface area contributed by atoms with Crippen molar-refractivity contribution in [2.75, 3.05) is 17.3 Å². The predicted molar refractivity (Wildman–Crippen MR) is 106 cm³/mol. The number of benzene rings is 2. The molecule has 3 aromatic rings. The van der Waals surface area contributed by atoms with Gasteiger partial charge >= 0.3 is 6.18 Å². The minimum atomic E-state index is -4.48. The van der Waals surface area contributed by atoms with Gasteiger partial charge in [-0.1, -0.05) is 18.1 Å². The lowest BCUT2D eigenvalue weighted by atomic mass is 10.1. The van der Waals surface area contributed by atoms with Crippen molar-refractivity contribution < 1.29 is 18.0 Å². The summed E-state index contributed by atoms with van der Waals surface area (Å²) in [5.74, 6) is 2.13. The number of amides is 1. The monoisotopic (exact) mass is 395 g/mol. The molecule has 0 aliphatic heterocycles. The van der Waals surface area contributed by atoms with E-state index in [-0.39, 0.29) is 11.6 Å². The van der Waals surface area contributed by atoms with E-state index in [1.165, 1.54) is 6.20 Å². The van der Waals surface area contributed by atoms with E-state index in [4.69, 9.17) is 6.42 Å². The molecule has 146 valence electrons. The maximum absolute atomic E-state index is 12.9. The highest BCUT2D eigenvalue weighted by Gasteiger charge is 2.31. The number of nitrogens with zero attached hydrogens (tertiary/aromatic N) is 2. The maximum atomic E-state index is 12.9. The van der Waals surface area contributed by atoms with Gasteiger partial charge in [-0.25, -0.2) is 0 Å². The van der Waals surface area contributed by atoms with Gasteiger partial charge in [-0.2, -0.15) is 13.2 Å². The third kappa shape index (κ3) is 4.74. The van der Waals surface area contributed by atoms with Crippen LogP contribution < -0.4 is 10.2 Å². The minimum absolute atomic E-state index is 0.269. The average molecular weight is 395 g/mol. The highest BCUT2D eigenvalue weighted by atomic mass is 19.4. The van der Waals surface area contributed by atoms with Crippen LogP contribution in [-0.2, 0) is 6.18 Å². The number of carbonyl (C=O) groups excluding carboxylic acids is 1. The zero-order valence-corrected chi connectivity index (χ0v) is 15.4. The summed E-state index contributed by atoms with van der Waals surface area (Å²) in [6.45, 7) is 0. The zero-order chi connectivity index (χ0) is 21.0. The molecule has 0 fully saturated rings. The van der Waals surface area contributed by atoms with Gasteiger partial charge in [-0.15, -0.1) is 6.42 Å². The molecule has 1 heterocycles. The van der Waals surface area contributed by atoms with E-state index in [1.807, 2.05) is 0 Å². The van der Waals surface area contributed by atoms with Crippen molar-refractivity contribution in [3.05, 3.63) is 83.7 Å². The maximum Gasteiger partial charge on any atom is 0.417 e. The fourth-order valence-electron chi connectivity index (χ4n) is 2.66. The molecule has 4 nitrogen and oxygen atoms in total. The number of halogens is 3. The number of carbonyl (C=O) groups is 1. The SMILES string of the molecule is C#Cc1cccc(C(=O)Nc2cccc(N(C)c3cncc(C(F)(F)F)c3)c2)c1. The molecule has 3 rings (SSSR count). The molecule has 0 radical (unpaired) electrons. The number of terminal acetylenes is 1. The molecule has 1 aromatic heterocycles. The molecule has 1 amide bonds. The molecule has 0 bridgehead atoms. The second-order valence-electron chi connectivity index (χ2n) is 6.22. The molecule has 1 N–H and O–H groups in total.